The van der Waals surface area contributed by atoms with Crippen molar-refractivity contribution in [2.24, 2.45) is 0 Å². The molecule has 0 radical (unpaired) electrons. The van der Waals surface area contributed by atoms with Gasteiger partial charge in [0.25, 0.3) is 5.22 Å². The summed E-state index contributed by atoms with van der Waals surface area (Å²) in [5.41, 5.74) is 4.24. The zero-order chi connectivity index (χ0) is 22.7. The average Bonchev–Trinajstić information content (AvgIpc) is 3.46. The smallest absolute Gasteiger partial charge is 0.277 e. The maximum atomic E-state index is 5.85. The van der Waals surface area contributed by atoms with E-state index in [2.05, 4.69) is 43.1 Å². The van der Waals surface area contributed by atoms with Gasteiger partial charge in [0.05, 0.1) is 19.9 Å². The van der Waals surface area contributed by atoms with Crippen molar-refractivity contribution < 1.29 is 13.9 Å². The van der Waals surface area contributed by atoms with Crippen LogP contribution >= 0.6 is 23.1 Å². The SMILES string of the molecule is COc1ccc(-c2nc(CSc3nnc(-c4ccc(C(C)(C)C)cc4)o3)cs2)cc1OC. The Morgan fingerprint density at radius 3 is 2.34 bits per heavy atom. The van der Waals surface area contributed by atoms with Crippen LogP contribution in [0, 0.1) is 0 Å². The first-order chi connectivity index (χ1) is 15.4. The normalized spacial score (nSPS) is 11.5. The first kappa shape index (κ1) is 22.4. The molecule has 2 aromatic heterocycles. The van der Waals surface area contributed by atoms with Gasteiger partial charge >= 0.3 is 0 Å². The molecular weight excluding hydrogens is 442 g/mol. The van der Waals surface area contributed by atoms with Crippen LogP contribution in [0.2, 0.25) is 0 Å². The molecule has 4 rings (SSSR count). The summed E-state index contributed by atoms with van der Waals surface area (Å²) < 4.78 is 16.5. The van der Waals surface area contributed by atoms with Crippen molar-refractivity contribution in [1.82, 2.24) is 15.2 Å². The molecule has 166 valence electrons. The maximum Gasteiger partial charge on any atom is 0.277 e. The van der Waals surface area contributed by atoms with Crippen LogP contribution in [0.1, 0.15) is 32.0 Å². The summed E-state index contributed by atoms with van der Waals surface area (Å²) in [6.07, 6.45) is 0. The molecule has 0 N–H and O–H groups in total. The van der Waals surface area contributed by atoms with Crippen molar-refractivity contribution >= 4 is 23.1 Å². The third-order valence-electron chi connectivity index (χ3n) is 4.93. The minimum absolute atomic E-state index is 0.109. The first-order valence-corrected chi connectivity index (χ1v) is 12.0. The molecule has 0 amide bonds. The van der Waals surface area contributed by atoms with Crippen molar-refractivity contribution in [2.45, 2.75) is 37.2 Å². The van der Waals surface area contributed by atoms with Gasteiger partial charge in [0.2, 0.25) is 5.89 Å². The molecule has 0 spiro atoms. The lowest BCUT2D eigenvalue weighted by Gasteiger charge is -2.18. The van der Waals surface area contributed by atoms with Gasteiger partial charge in [-0.05, 0) is 41.3 Å². The number of thiazole rings is 1. The molecule has 0 atom stereocenters. The fraction of sp³-hybridized carbons (Fsp3) is 0.292. The van der Waals surface area contributed by atoms with Crippen molar-refractivity contribution in [1.29, 1.82) is 0 Å². The lowest BCUT2D eigenvalue weighted by atomic mass is 9.87. The van der Waals surface area contributed by atoms with E-state index >= 15 is 0 Å². The Kier molecular flexibility index (Phi) is 6.53. The van der Waals surface area contributed by atoms with Gasteiger partial charge < -0.3 is 13.9 Å². The maximum absolute atomic E-state index is 5.85. The standard InChI is InChI=1S/C24H25N3O3S2/c1-24(2,3)17-9-6-15(7-10-17)21-26-27-23(30-21)32-14-18-13-31-22(25-18)16-8-11-19(28-4)20(12-16)29-5/h6-13H,14H2,1-5H3. The van der Waals surface area contributed by atoms with Gasteiger partial charge in [0.15, 0.2) is 11.5 Å². The summed E-state index contributed by atoms with van der Waals surface area (Å²) >= 11 is 3.07. The van der Waals surface area contributed by atoms with Crippen molar-refractivity contribution in [3.63, 3.8) is 0 Å². The van der Waals surface area contributed by atoms with E-state index in [1.54, 1.807) is 25.6 Å². The van der Waals surface area contributed by atoms with Crippen LogP contribution in [-0.2, 0) is 11.2 Å². The zero-order valence-corrected chi connectivity index (χ0v) is 20.3. The van der Waals surface area contributed by atoms with E-state index in [9.17, 15) is 0 Å². The van der Waals surface area contributed by atoms with Crippen LogP contribution in [0.4, 0.5) is 0 Å². The number of nitrogens with zero attached hydrogens (tertiary/aromatic N) is 3. The van der Waals surface area contributed by atoms with Gasteiger partial charge in [-0.2, -0.15) is 0 Å². The van der Waals surface area contributed by atoms with Crippen molar-refractivity contribution in [3.8, 4) is 33.5 Å². The molecule has 2 heterocycles. The third-order valence-corrected chi connectivity index (χ3v) is 6.72. The number of ether oxygens (including phenoxy) is 2. The Labute approximate surface area is 196 Å². The van der Waals surface area contributed by atoms with Crippen LogP contribution in [0.15, 0.2) is 57.5 Å². The lowest BCUT2D eigenvalue weighted by Crippen LogP contribution is -2.10. The number of hydrogen-bond acceptors (Lipinski definition) is 8. The second kappa shape index (κ2) is 9.34. The minimum Gasteiger partial charge on any atom is -0.493 e. The van der Waals surface area contributed by atoms with E-state index in [0.717, 1.165) is 21.8 Å². The molecule has 6 nitrogen and oxygen atoms in total. The van der Waals surface area contributed by atoms with E-state index in [4.69, 9.17) is 18.9 Å². The Morgan fingerprint density at radius 1 is 0.938 bits per heavy atom. The monoisotopic (exact) mass is 467 g/mol. The highest BCUT2D eigenvalue weighted by Crippen LogP contribution is 2.34. The van der Waals surface area contributed by atoms with E-state index < -0.39 is 0 Å². The molecule has 4 aromatic rings. The van der Waals surface area contributed by atoms with E-state index in [0.29, 0.717) is 28.4 Å². The van der Waals surface area contributed by atoms with E-state index in [-0.39, 0.29) is 5.41 Å². The number of aromatic nitrogens is 3. The predicted octanol–water partition coefficient (Wildman–Crippen LogP) is 6.47. The van der Waals surface area contributed by atoms with Crippen LogP contribution < -0.4 is 9.47 Å². The van der Waals surface area contributed by atoms with Crippen LogP contribution in [-0.4, -0.2) is 29.4 Å². The molecule has 2 aromatic carbocycles. The lowest BCUT2D eigenvalue weighted by molar-refractivity contribution is 0.355. The second-order valence-corrected chi connectivity index (χ2v) is 9.99. The molecule has 0 aliphatic heterocycles. The van der Waals surface area contributed by atoms with E-state index in [1.165, 1.54) is 17.3 Å². The van der Waals surface area contributed by atoms with Gasteiger partial charge in [0.1, 0.15) is 5.01 Å². The molecule has 0 unspecified atom stereocenters. The highest BCUT2D eigenvalue weighted by atomic mass is 32.2. The topological polar surface area (TPSA) is 70.3 Å². The predicted molar refractivity (Wildman–Crippen MR) is 129 cm³/mol. The molecular formula is C24H25N3O3S2. The van der Waals surface area contributed by atoms with E-state index in [1.807, 2.05) is 35.7 Å². The Balaban J connectivity index is 1.41. The Morgan fingerprint density at radius 2 is 1.66 bits per heavy atom. The molecule has 0 saturated heterocycles. The van der Waals surface area contributed by atoms with Crippen LogP contribution in [0.5, 0.6) is 11.5 Å². The molecule has 32 heavy (non-hydrogen) atoms. The average molecular weight is 468 g/mol. The number of rotatable bonds is 7. The molecule has 0 saturated carbocycles. The van der Waals surface area contributed by atoms with Gasteiger partial charge in [-0.25, -0.2) is 4.98 Å². The van der Waals surface area contributed by atoms with Crippen molar-refractivity contribution in [2.75, 3.05) is 14.2 Å². The third kappa shape index (κ3) is 4.97. The molecule has 0 fully saturated rings. The van der Waals surface area contributed by atoms with Crippen molar-refractivity contribution in [3.05, 3.63) is 59.1 Å². The Hall–Kier alpha value is -2.84. The molecule has 0 bridgehead atoms. The van der Waals surface area contributed by atoms with Gasteiger partial charge in [-0.15, -0.1) is 21.5 Å². The first-order valence-electron chi connectivity index (χ1n) is 10.1. The summed E-state index contributed by atoms with van der Waals surface area (Å²) in [6, 6.07) is 14.1. The fourth-order valence-corrected chi connectivity index (χ4v) is 4.69. The summed E-state index contributed by atoms with van der Waals surface area (Å²) in [5.74, 6) is 2.56. The summed E-state index contributed by atoms with van der Waals surface area (Å²) in [5, 5.41) is 11.9. The largest absolute Gasteiger partial charge is 0.493 e. The number of methoxy groups -OCH3 is 2. The minimum atomic E-state index is 0.109. The Bertz CT molecular complexity index is 1190. The molecule has 0 aliphatic carbocycles. The van der Waals surface area contributed by atoms with Gasteiger partial charge in [-0.3, -0.25) is 0 Å². The number of benzene rings is 2. The summed E-state index contributed by atoms with van der Waals surface area (Å²) in [6.45, 7) is 6.58. The van der Waals surface area contributed by atoms with Gasteiger partial charge in [0, 0.05) is 22.3 Å². The second-order valence-electron chi connectivity index (χ2n) is 8.20. The van der Waals surface area contributed by atoms with Crippen LogP contribution in [0.25, 0.3) is 22.0 Å². The highest BCUT2D eigenvalue weighted by Gasteiger charge is 2.15. The molecule has 8 heteroatoms. The quantitative estimate of drug-likeness (QED) is 0.289. The zero-order valence-electron chi connectivity index (χ0n) is 18.7. The number of thioether (sulfide) groups is 1. The molecule has 0 aliphatic rings. The summed E-state index contributed by atoms with van der Waals surface area (Å²) in [4.78, 5) is 4.74. The summed E-state index contributed by atoms with van der Waals surface area (Å²) in [7, 11) is 3.25. The fourth-order valence-electron chi connectivity index (χ4n) is 3.11. The highest BCUT2D eigenvalue weighted by molar-refractivity contribution is 7.98. The van der Waals surface area contributed by atoms with Crippen LogP contribution in [0.3, 0.4) is 0 Å². The van der Waals surface area contributed by atoms with Gasteiger partial charge in [-0.1, -0.05) is 44.7 Å². The number of hydrogen-bond donors (Lipinski definition) is 0.